The lowest BCUT2D eigenvalue weighted by molar-refractivity contribution is 0.0341. The van der Waals surface area contributed by atoms with Gasteiger partial charge in [0, 0.05) is 51.5 Å². The topological polar surface area (TPSA) is 50.6 Å². The van der Waals surface area contributed by atoms with Crippen molar-refractivity contribution < 1.29 is 9.53 Å². The number of nitrogens with zero attached hydrogens (tertiary/aromatic N) is 4. The maximum absolute atomic E-state index is 13.0. The average molecular weight is 368 g/mol. The Bertz CT molecular complexity index is 782. The minimum absolute atomic E-state index is 0.160. The Balaban J connectivity index is 1.35. The molecule has 27 heavy (non-hydrogen) atoms. The molecular weight excluding hydrogens is 340 g/mol. The number of likely N-dealkylation sites (tertiary alicyclic amines) is 1. The molecular formula is C21H28N4O2. The van der Waals surface area contributed by atoms with Crippen molar-refractivity contribution in [2.24, 2.45) is 13.0 Å². The highest BCUT2D eigenvalue weighted by atomic mass is 16.5. The van der Waals surface area contributed by atoms with E-state index in [0.717, 1.165) is 64.3 Å². The van der Waals surface area contributed by atoms with E-state index in [9.17, 15) is 4.79 Å². The highest BCUT2D eigenvalue weighted by Crippen LogP contribution is 2.23. The molecule has 1 atom stereocenters. The molecule has 1 unspecified atom stereocenters. The molecule has 0 radical (unpaired) electrons. The molecule has 0 saturated carbocycles. The van der Waals surface area contributed by atoms with E-state index in [0.29, 0.717) is 5.92 Å². The van der Waals surface area contributed by atoms with Gasteiger partial charge in [-0.15, -0.1) is 0 Å². The van der Waals surface area contributed by atoms with Crippen molar-refractivity contribution in [1.82, 2.24) is 19.6 Å². The van der Waals surface area contributed by atoms with Crippen molar-refractivity contribution >= 4 is 5.91 Å². The van der Waals surface area contributed by atoms with E-state index < -0.39 is 0 Å². The van der Waals surface area contributed by atoms with Crippen molar-refractivity contribution in [1.29, 1.82) is 0 Å². The molecule has 2 aliphatic heterocycles. The number of morpholine rings is 1. The number of carbonyl (C=O) groups excluding carboxylic acids is 1. The first kappa shape index (κ1) is 18.2. The minimum Gasteiger partial charge on any atom is -0.379 e. The van der Waals surface area contributed by atoms with Crippen LogP contribution in [0, 0.1) is 5.92 Å². The Morgan fingerprint density at radius 2 is 2.07 bits per heavy atom. The number of carbonyl (C=O) groups is 1. The summed E-state index contributed by atoms with van der Waals surface area (Å²) < 4.78 is 7.25. The lowest BCUT2D eigenvalue weighted by Crippen LogP contribution is -2.35. The van der Waals surface area contributed by atoms with Crippen molar-refractivity contribution in [3.05, 3.63) is 53.3 Å². The van der Waals surface area contributed by atoms with E-state index >= 15 is 0 Å². The minimum atomic E-state index is 0.160. The van der Waals surface area contributed by atoms with Crippen LogP contribution in [0.25, 0.3) is 0 Å². The summed E-state index contributed by atoms with van der Waals surface area (Å²) in [5.41, 5.74) is 3.26. The molecule has 1 aromatic carbocycles. The molecule has 1 amide bonds. The van der Waals surface area contributed by atoms with E-state index in [1.54, 1.807) is 0 Å². The van der Waals surface area contributed by atoms with Crippen molar-refractivity contribution in [3.63, 3.8) is 0 Å². The van der Waals surface area contributed by atoms with Crippen LogP contribution in [0.15, 0.2) is 36.7 Å². The van der Waals surface area contributed by atoms with Crippen LogP contribution in [0.1, 0.15) is 27.9 Å². The smallest absolute Gasteiger partial charge is 0.253 e. The predicted molar refractivity (Wildman–Crippen MR) is 103 cm³/mol. The molecule has 1 aromatic heterocycles. The molecule has 4 rings (SSSR count). The number of hydrogen-bond acceptors (Lipinski definition) is 4. The summed E-state index contributed by atoms with van der Waals surface area (Å²) in [6, 6.07) is 8.12. The van der Waals surface area contributed by atoms with E-state index in [2.05, 4.69) is 28.3 Å². The fourth-order valence-electron chi connectivity index (χ4n) is 4.10. The second kappa shape index (κ2) is 8.23. The molecule has 3 heterocycles. The third-order valence-electron chi connectivity index (χ3n) is 5.54. The summed E-state index contributed by atoms with van der Waals surface area (Å²) in [4.78, 5) is 17.4. The summed E-state index contributed by atoms with van der Waals surface area (Å²) in [7, 11) is 1.94. The predicted octanol–water partition coefficient (Wildman–Crippen LogP) is 1.96. The normalized spacial score (nSPS) is 20.9. The standard InChI is InChI=1S/C21H28N4O2/c1-23-14-19(13-22-23)11-18-5-6-25(16-18)21(26)20-4-2-3-17(12-20)15-24-7-9-27-10-8-24/h2-4,12-14,18H,5-11,15-16H2,1H3. The van der Waals surface area contributed by atoms with Crippen LogP contribution in [-0.4, -0.2) is 64.9 Å². The summed E-state index contributed by atoms with van der Waals surface area (Å²) in [5.74, 6) is 0.683. The van der Waals surface area contributed by atoms with E-state index in [4.69, 9.17) is 4.74 Å². The average Bonchev–Trinajstić information content (AvgIpc) is 3.31. The number of hydrogen-bond donors (Lipinski definition) is 0. The molecule has 144 valence electrons. The molecule has 2 aliphatic rings. The van der Waals surface area contributed by atoms with Crippen molar-refractivity contribution in [2.45, 2.75) is 19.4 Å². The van der Waals surface area contributed by atoms with Crippen LogP contribution in [0.5, 0.6) is 0 Å². The summed E-state index contributed by atoms with van der Waals surface area (Å²) in [5, 5.41) is 4.24. The van der Waals surface area contributed by atoms with E-state index in [1.165, 1.54) is 11.1 Å². The number of ether oxygens (including phenoxy) is 1. The SMILES string of the molecule is Cn1cc(CC2CCN(C(=O)c3cccc(CN4CCOCC4)c3)C2)cn1. The zero-order valence-electron chi connectivity index (χ0n) is 16.0. The Labute approximate surface area is 160 Å². The monoisotopic (exact) mass is 368 g/mol. The van der Waals surface area contributed by atoms with Crippen LogP contribution in [-0.2, 0) is 24.8 Å². The first-order chi connectivity index (χ1) is 13.2. The largest absolute Gasteiger partial charge is 0.379 e. The van der Waals surface area contributed by atoms with Crippen molar-refractivity contribution in [3.8, 4) is 0 Å². The van der Waals surface area contributed by atoms with Gasteiger partial charge in [0.1, 0.15) is 0 Å². The molecule has 0 bridgehead atoms. The van der Waals surface area contributed by atoms with Gasteiger partial charge >= 0.3 is 0 Å². The summed E-state index contributed by atoms with van der Waals surface area (Å²) in [6.07, 6.45) is 6.06. The van der Waals surface area contributed by atoms with Crippen LogP contribution >= 0.6 is 0 Å². The summed E-state index contributed by atoms with van der Waals surface area (Å²) in [6.45, 7) is 6.07. The van der Waals surface area contributed by atoms with Crippen LogP contribution in [0.3, 0.4) is 0 Å². The van der Waals surface area contributed by atoms with Crippen LogP contribution in [0.4, 0.5) is 0 Å². The summed E-state index contributed by atoms with van der Waals surface area (Å²) >= 11 is 0. The van der Waals surface area contributed by atoms with Crippen LogP contribution in [0.2, 0.25) is 0 Å². The number of benzene rings is 1. The van der Waals surface area contributed by atoms with E-state index in [-0.39, 0.29) is 5.91 Å². The van der Waals surface area contributed by atoms with Gasteiger partial charge in [-0.05, 0) is 42.0 Å². The first-order valence-corrected chi connectivity index (χ1v) is 9.83. The van der Waals surface area contributed by atoms with Gasteiger partial charge in [0.05, 0.1) is 19.4 Å². The Morgan fingerprint density at radius 3 is 2.85 bits per heavy atom. The van der Waals surface area contributed by atoms with Crippen molar-refractivity contribution in [2.75, 3.05) is 39.4 Å². The zero-order valence-corrected chi connectivity index (χ0v) is 16.0. The Hall–Kier alpha value is -2.18. The number of aromatic nitrogens is 2. The highest BCUT2D eigenvalue weighted by Gasteiger charge is 2.27. The Morgan fingerprint density at radius 1 is 1.22 bits per heavy atom. The molecule has 2 aromatic rings. The van der Waals surface area contributed by atoms with Gasteiger partial charge < -0.3 is 9.64 Å². The second-order valence-electron chi connectivity index (χ2n) is 7.72. The lowest BCUT2D eigenvalue weighted by atomic mass is 10.0. The quantitative estimate of drug-likeness (QED) is 0.810. The van der Waals surface area contributed by atoms with Gasteiger partial charge in [0.2, 0.25) is 0 Å². The van der Waals surface area contributed by atoms with E-state index in [1.807, 2.05) is 35.0 Å². The lowest BCUT2D eigenvalue weighted by Gasteiger charge is -2.26. The third kappa shape index (κ3) is 4.57. The fourth-order valence-corrected chi connectivity index (χ4v) is 4.10. The zero-order chi connectivity index (χ0) is 18.6. The molecule has 0 spiro atoms. The first-order valence-electron chi connectivity index (χ1n) is 9.83. The van der Waals surface area contributed by atoms with Gasteiger partial charge in [-0.2, -0.15) is 5.10 Å². The highest BCUT2D eigenvalue weighted by molar-refractivity contribution is 5.94. The number of aryl methyl sites for hydroxylation is 1. The molecule has 2 saturated heterocycles. The van der Waals surface area contributed by atoms with Crippen LogP contribution < -0.4 is 0 Å². The number of rotatable bonds is 5. The van der Waals surface area contributed by atoms with Gasteiger partial charge in [-0.3, -0.25) is 14.4 Å². The maximum atomic E-state index is 13.0. The van der Waals surface area contributed by atoms with Gasteiger partial charge in [-0.25, -0.2) is 0 Å². The third-order valence-corrected chi connectivity index (χ3v) is 5.54. The molecule has 0 aliphatic carbocycles. The second-order valence-corrected chi connectivity index (χ2v) is 7.72. The molecule has 6 heteroatoms. The molecule has 0 N–H and O–H groups in total. The molecule has 6 nitrogen and oxygen atoms in total. The number of amides is 1. The maximum Gasteiger partial charge on any atom is 0.253 e. The molecule has 2 fully saturated rings. The Kier molecular flexibility index (Phi) is 5.55. The van der Waals surface area contributed by atoms with Gasteiger partial charge in [-0.1, -0.05) is 12.1 Å². The van der Waals surface area contributed by atoms with Gasteiger partial charge in [0.25, 0.3) is 5.91 Å². The fraction of sp³-hybridized carbons (Fsp3) is 0.524. The van der Waals surface area contributed by atoms with Gasteiger partial charge in [0.15, 0.2) is 0 Å².